The van der Waals surface area contributed by atoms with Crippen LogP contribution in [0.25, 0.3) is 0 Å². The van der Waals surface area contributed by atoms with Crippen LogP contribution in [0.5, 0.6) is 0 Å². The zero-order valence-corrected chi connectivity index (χ0v) is 11.3. The smallest absolute Gasteiger partial charge is 0.154 e. The molecule has 20 heavy (non-hydrogen) atoms. The highest BCUT2D eigenvalue weighted by Crippen LogP contribution is 2.18. The Bertz CT molecular complexity index is 584. The van der Waals surface area contributed by atoms with Crippen molar-refractivity contribution in [1.29, 1.82) is 5.26 Å². The summed E-state index contributed by atoms with van der Waals surface area (Å²) in [5.74, 6) is -0.624. The van der Waals surface area contributed by atoms with E-state index in [4.69, 9.17) is 0 Å². The molecule has 0 aliphatic carbocycles. The highest BCUT2D eigenvalue weighted by molar-refractivity contribution is 5.88. The molecule has 0 heterocycles. The lowest BCUT2D eigenvalue weighted by Gasteiger charge is -2.08. The number of Topliss-reactive ketones (excluding diaryl/α,β-unsaturated/α-hetero) is 1. The van der Waals surface area contributed by atoms with Crippen LogP contribution in [-0.2, 0) is 11.2 Å². The van der Waals surface area contributed by atoms with Crippen LogP contribution in [0, 0.1) is 11.3 Å². The highest BCUT2D eigenvalue weighted by Gasteiger charge is 2.18. The Balaban J connectivity index is 1.89. The molecular weight excluding hydrogens is 246 g/mol. The highest BCUT2D eigenvalue weighted by atomic mass is 16.1. The van der Waals surface area contributed by atoms with E-state index in [1.54, 1.807) is 0 Å². The number of hydrogen-bond acceptors (Lipinski definition) is 2. The summed E-state index contributed by atoms with van der Waals surface area (Å²) in [7, 11) is 0. The minimum Gasteiger partial charge on any atom is -0.298 e. The molecule has 2 nitrogen and oxygen atoms in total. The molecule has 0 saturated heterocycles. The third kappa shape index (κ3) is 3.80. The van der Waals surface area contributed by atoms with Gasteiger partial charge in [0, 0.05) is 6.42 Å². The first kappa shape index (κ1) is 14.0. The molecule has 0 aromatic heterocycles. The normalized spacial score (nSPS) is 11.6. The Hall–Kier alpha value is -2.40. The number of benzene rings is 2. The van der Waals surface area contributed by atoms with Gasteiger partial charge in [-0.25, -0.2) is 0 Å². The molecule has 0 saturated carbocycles. The van der Waals surface area contributed by atoms with Crippen molar-refractivity contribution in [3.8, 4) is 6.07 Å². The van der Waals surface area contributed by atoms with E-state index in [0.717, 1.165) is 18.4 Å². The summed E-state index contributed by atoms with van der Waals surface area (Å²) in [5, 5.41) is 9.20. The molecule has 0 amide bonds. The number of carbonyl (C=O) groups is 1. The second kappa shape index (κ2) is 7.25. The molecule has 0 aliphatic heterocycles. The van der Waals surface area contributed by atoms with Crippen LogP contribution in [0.4, 0.5) is 0 Å². The van der Waals surface area contributed by atoms with E-state index >= 15 is 0 Å². The summed E-state index contributed by atoms with van der Waals surface area (Å²) in [6.45, 7) is 0. The van der Waals surface area contributed by atoms with Crippen molar-refractivity contribution in [2.24, 2.45) is 0 Å². The van der Waals surface area contributed by atoms with Crippen LogP contribution >= 0.6 is 0 Å². The standard InChI is InChI=1S/C18H17NO/c19-14-17(16-11-5-2-6-12-16)18(20)13-7-10-15-8-3-1-4-9-15/h1-6,8-9,11-12,17H,7,10,13H2. The minimum absolute atomic E-state index is 0.00892. The maximum absolute atomic E-state index is 12.1. The molecule has 2 rings (SSSR count). The first-order valence-corrected chi connectivity index (χ1v) is 6.82. The summed E-state index contributed by atoms with van der Waals surface area (Å²) in [4.78, 5) is 12.1. The van der Waals surface area contributed by atoms with Gasteiger partial charge in [0.2, 0.25) is 0 Å². The Labute approximate surface area is 119 Å². The molecule has 0 fully saturated rings. The number of ketones is 1. The Kier molecular flexibility index (Phi) is 5.08. The molecular formula is C18H17NO. The van der Waals surface area contributed by atoms with E-state index < -0.39 is 5.92 Å². The average molecular weight is 263 g/mol. The number of nitrogens with zero attached hydrogens (tertiary/aromatic N) is 1. The van der Waals surface area contributed by atoms with Crippen LogP contribution in [0.3, 0.4) is 0 Å². The number of nitriles is 1. The Morgan fingerprint density at radius 1 is 1.00 bits per heavy atom. The lowest BCUT2D eigenvalue weighted by atomic mass is 9.93. The van der Waals surface area contributed by atoms with E-state index in [-0.39, 0.29) is 5.78 Å². The van der Waals surface area contributed by atoms with Crippen molar-refractivity contribution in [1.82, 2.24) is 0 Å². The van der Waals surface area contributed by atoms with Crippen molar-refractivity contribution in [2.75, 3.05) is 0 Å². The van der Waals surface area contributed by atoms with Gasteiger partial charge in [-0.15, -0.1) is 0 Å². The number of hydrogen-bond donors (Lipinski definition) is 0. The van der Waals surface area contributed by atoms with Crippen LogP contribution in [0.15, 0.2) is 60.7 Å². The zero-order valence-electron chi connectivity index (χ0n) is 11.3. The van der Waals surface area contributed by atoms with E-state index in [0.29, 0.717) is 6.42 Å². The molecule has 0 radical (unpaired) electrons. The maximum atomic E-state index is 12.1. The predicted octanol–water partition coefficient (Wildman–Crippen LogP) is 3.89. The summed E-state index contributed by atoms with van der Waals surface area (Å²) < 4.78 is 0. The molecule has 100 valence electrons. The first-order chi connectivity index (χ1) is 9.81. The number of rotatable bonds is 6. The molecule has 2 aromatic carbocycles. The van der Waals surface area contributed by atoms with Gasteiger partial charge >= 0.3 is 0 Å². The second-order valence-corrected chi connectivity index (χ2v) is 4.78. The van der Waals surface area contributed by atoms with Crippen LogP contribution in [0.1, 0.15) is 29.9 Å². The van der Waals surface area contributed by atoms with Gasteiger partial charge in [-0.05, 0) is 24.0 Å². The van der Waals surface area contributed by atoms with Crippen LogP contribution in [-0.4, -0.2) is 5.78 Å². The third-order valence-corrected chi connectivity index (χ3v) is 3.32. The van der Waals surface area contributed by atoms with Gasteiger partial charge in [0.25, 0.3) is 0 Å². The molecule has 0 aliphatic rings. The average Bonchev–Trinajstić information content (AvgIpc) is 2.50. The molecule has 0 N–H and O–H groups in total. The topological polar surface area (TPSA) is 40.9 Å². The van der Waals surface area contributed by atoms with Gasteiger partial charge in [-0.2, -0.15) is 5.26 Å². The quantitative estimate of drug-likeness (QED) is 0.793. The predicted molar refractivity (Wildman–Crippen MR) is 79.2 cm³/mol. The summed E-state index contributed by atoms with van der Waals surface area (Å²) >= 11 is 0. The first-order valence-electron chi connectivity index (χ1n) is 6.82. The number of aryl methyl sites for hydroxylation is 1. The van der Waals surface area contributed by atoms with Crippen molar-refractivity contribution in [3.05, 3.63) is 71.8 Å². The lowest BCUT2D eigenvalue weighted by molar-refractivity contribution is -0.119. The Morgan fingerprint density at radius 2 is 1.60 bits per heavy atom. The van der Waals surface area contributed by atoms with E-state index in [9.17, 15) is 10.1 Å². The van der Waals surface area contributed by atoms with Crippen molar-refractivity contribution in [3.63, 3.8) is 0 Å². The maximum Gasteiger partial charge on any atom is 0.154 e. The fourth-order valence-corrected chi connectivity index (χ4v) is 2.23. The van der Waals surface area contributed by atoms with Crippen molar-refractivity contribution in [2.45, 2.75) is 25.2 Å². The second-order valence-electron chi connectivity index (χ2n) is 4.78. The number of carbonyl (C=O) groups excluding carboxylic acids is 1. The van der Waals surface area contributed by atoms with Crippen LogP contribution < -0.4 is 0 Å². The van der Waals surface area contributed by atoms with E-state index in [1.165, 1.54) is 5.56 Å². The van der Waals surface area contributed by atoms with Gasteiger partial charge in [0.1, 0.15) is 5.92 Å². The fourth-order valence-electron chi connectivity index (χ4n) is 2.23. The monoisotopic (exact) mass is 263 g/mol. The van der Waals surface area contributed by atoms with Gasteiger partial charge in [-0.1, -0.05) is 60.7 Å². The SMILES string of the molecule is N#CC(C(=O)CCCc1ccccc1)c1ccccc1. The van der Waals surface area contributed by atoms with Crippen molar-refractivity contribution >= 4 is 5.78 Å². The summed E-state index contributed by atoms with van der Waals surface area (Å²) in [6.07, 6.45) is 2.11. The fraction of sp³-hybridized carbons (Fsp3) is 0.222. The van der Waals surface area contributed by atoms with Crippen molar-refractivity contribution < 1.29 is 4.79 Å². The van der Waals surface area contributed by atoms with Gasteiger partial charge in [0.05, 0.1) is 6.07 Å². The molecule has 0 spiro atoms. The molecule has 2 heteroatoms. The Morgan fingerprint density at radius 3 is 2.20 bits per heavy atom. The minimum atomic E-state index is -0.632. The summed E-state index contributed by atoms with van der Waals surface area (Å²) in [5.41, 5.74) is 2.02. The molecule has 1 atom stereocenters. The summed E-state index contributed by atoms with van der Waals surface area (Å²) in [6, 6.07) is 21.5. The van der Waals surface area contributed by atoms with Gasteiger partial charge in [-0.3, -0.25) is 4.79 Å². The van der Waals surface area contributed by atoms with E-state index in [2.05, 4.69) is 18.2 Å². The van der Waals surface area contributed by atoms with Gasteiger partial charge < -0.3 is 0 Å². The van der Waals surface area contributed by atoms with Crippen LogP contribution in [0.2, 0.25) is 0 Å². The van der Waals surface area contributed by atoms with Gasteiger partial charge in [0.15, 0.2) is 5.78 Å². The van der Waals surface area contributed by atoms with E-state index in [1.807, 2.05) is 48.5 Å². The third-order valence-electron chi connectivity index (χ3n) is 3.32. The molecule has 2 aromatic rings. The largest absolute Gasteiger partial charge is 0.298 e. The zero-order chi connectivity index (χ0) is 14.2. The lowest BCUT2D eigenvalue weighted by Crippen LogP contribution is -2.10. The molecule has 0 bridgehead atoms. The molecule has 1 unspecified atom stereocenters.